The molecule has 2 N–H and O–H groups in total. The second-order valence-corrected chi connectivity index (χ2v) is 5.35. The molecule has 0 amide bonds. The lowest BCUT2D eigenvalue weighted by atomic mass is 9.96. The van der Waals surface area contributed by atoms with Crippen LogP contribution < -0.4 is 5.73 Å². The van der Waals surface area contributed by atoms with Gasteiger partial charge in [-0.25, -0.2) is 0 Å². The Bertz CT molecular complexity index is 379. The van der Waals surface area contributed by atoms with Gasteiger partial charge in [0.2, 0.25) is 0 Å². The predicted molar refractivity (Wildman–Crippen MR) is 81.3 cm³/mol. The van der Waals surface area contributed by atoms with E-state index in [2.05, 4.69) is 56.9 Å². The van der Waals surface area contributed by atoms with E-state index in [0.717, 1.165) is 13.2 Å². The molecule has 0 saturated heterocycles. The fourth-order valence-electron chi connectivity index (χ4n) is 2.77. The molecule has 0 saturated carbocycles. The second kappa shape index (κ2) is 7.63. The number of benzene rings is 1. The first-order chi connectivity index (χ1) is 9.01. The molecule has 3 unspecified atom stereocenters. The Morgan fingerprint density at radius 1 is 1.32 bits per heavy atom. The van der Waals surface area contributed by atoms with E-state index in [9.17, 15) is 0 Å². The monoisotopic (exact) mass is 264 g/mol. The summed E-state index contributed by atoms with van der Waals surface area (Å²) in [5, 5.41) is 0. The van der Waals surface area contributed by atoms with E-state index in [-0.39, 0.29) is 12.1 Å². The summed E-state index contributed by atoms with van der Waals surface area (Å²) in [7, 11) is 1.75. The Labute approximate surface area is 117 Å². The lowest BCUT2D eigenvalue weighted by molar-refractivity contribution is 0.0654. The third kappa shape index (κ3) is 4.30. The topological polar surface area (TPSA) is 38.5 Å². The molecule has 0 bridgehead atoms. The van der Waals surface area contributed by atoms with Gasteiger partial charge in [-0.2, -0.15) is 0 Å². The average Bonchev–Trinajstić information content (AvgIpc) is 2.35. The molecule has 0 aliphatic rings. The van der Waals surface area contributed by atoms with Gasteiger partial charge in [-0.1, -0.05) is 36.8 Å². The smallest absolute Gasteiger partial charge is 0.0615 e. The highest BCUT2D eigenvalue weighted by molar-refractivity contribution is 5.26. The molecular formula is C16H28N2O. The van der Waals surface area contributed by atoms with Crippen molar-refractivity contribution in [3.63, 3.8) is 0 Å². The maximum absolute atomic E-state index is 6.25. The molecular weight excluding hydrogens is 236 g/mol. The van der Waals surface area contributed by atoms with Crippen LogP contribution in [-0.2, 0) is 4.74 Å². The number of nitrogens with two attached hydrogens (primary N) is 1. The Hall–Kier alpha value is -0.900. The van der Waals surface area contributed by atoms with Gasteiger partial charge in [0.15, 0.2) is 0 Å². The number of hydrogen-bond acceptors (Lipinski definition) is 3. The first-order valence-electron chi connectivity index (χ1n) is 7.08. The van der Waals surface area contributed by atoms with E-state index in [1.807, 2.05) is 0 Å². The molecule has 19 heavy (non-hydrogen) atoms. The van der Waals surface area contributed by atoms with Crippen LogP contribution >= 0.6 is 0 Å². The molecule has 3 atom stereocenters. The molecule has 3 heteroatoms. The van der Waals surface area contributed by atoms with Crippen LogP contribution in [0.5, 0.6) is 0 Å². The lowest BCUT2D eigenvalue weighted by Gasteiger charge is -2.38. The number of nitrogens with zero attached hydrogens (tertiary/aromatic N) is 1. The number of likely N-dealkylation sites (N-methyl/N-ethyl adjacent to an activating group) is 1. The van der Waals surface area contributed by atoms with Crippen LogP contribution in [0.3, 0.4) is 0 Å². The van der Waals surface area contributed by atoms with Crippen molar-refractivity contribution in [1.82, 2.24) is 4.90 Å². The van der Waals surface area contributed by atoms with Crippen LogP contribution in [0.4, 0.5) is 0 Å². The SMILES string of the molecule is CCN(C(C)COC)C(c1cccc(C)c1)C(C)N. The number of ether oxygens (including phenoxy) is 1. The highest BCUT2D eigenvalue weighted by Gasteiger charge is 2.26. The first kappa shape index (κ1) is 16.2. The maximum Gasteiger partial charge on any atom is 0.0615 e. The van der Waals surface area contributed by atoms with Gasteiger partial charge in [0.05, 0.1) is 6.61 Å². The number of aryl methyl sites for hydroxylation is 1. The molecule has 0 heterocycles. The summed E-state index contributed by atoms with van der Waals surface area (Å²) in [4.78, 5) is 2.42. The second-order valence-electron chi connectivity index (χ2n) is 5.35. The van der Waals surface area contributed by atoms with Crippen LogP contribution in [0.2, 0.25) is 0 Å². The van der Waals surface area contributed by atoms with Crippen LogP contribution in [-0.4, -0.2) is 37.2 Å². The van der Waals surface area contributed by atoms with Gasteiger partial charge >= 0.3 is 0 Å². The standard InChI is InChI=1S/C16H28N2O/c1-6-18(13(3)11-19-5)16(14(4)17)15-9-7-8-12(2)10-15/h7-10,13-14,16H,6,11,17H2,1-5H3. The summed E-state index contributed by atoms with van der Waals surface area (Å²) in [6, 6.07) is 9.30. The largest absolute Gasteiger partial charge is 0.383 e. The fraction of sp³-hybridized carbons (Fsp3) is 0.625. The average molecular weight is 264 g/mol. The minimum Gasteiger partial charge on any atom is -0.383 e. The number of methoxy groups -OCH3 is 1. The quantitative estimate of drug-likeness (QED) is 0.823. The Kier molecular flexibility index (Phi) is 6.49. The van der Waals surface area contributed by atoms with Gasteiger partial charge in [0.25, 0.3) is 0 Å². The van der Waals surface area contributed by atoms with Gasteiger partial charge in [-0.3, -0.25) is 4.90 Å². The molecule has 0 radical (unpaired) electrons. The minimum atomic E-state index is 0.0843. The summed E-state index contributed by atoms with van der Waals surface area (Å²) >= 11 is 0. The van der Waals surface area contributed by atoms with Crippen molar-refractivity contribution in [1.29, 1.82) is 0 Å². The van der Waals surface area contributed by atoms with Crippen molar-refractivity contribution >= 4 is 0 Å². The molecule has 3 nitrogen and oxygen atoms in total. The Balaban J connectivity index is 3.04. The minimum absolute atomic E-state index is 0.0843. The normalized spacial score (nSPS) is 16.4. The van der Waals surface area contributed by atoms with Crippen molar-refractivity contribution in [2.45, 2.75) is 45.8 Å². The highest BCUT2D eigenvalue weighted by Crippen LogP contribution is 2.26. The molecule has 1 rings (SSSR count). The van der Waals surface area contributed by atoms with Crippen LogP contribution in [0.25, 0.3) is 0 Å². The van der Waals surface area contributed by atoms with Gasteiger partial charge < -0.3 is 10.5 Å². The summed E-state index contributed by atoms with van der Waals surface area (Å²) in [5.41, 5.74) is 8.81. The van der Waals surface area contributed by atoms with Crippen LogP contribution in [0.1, 0.15) is 37.9 Å². The number of rotatable bonds is 7. The summed E-state index contributed by atoms with van der Waals surface area (Å²) in [6.45, 7) is 10.3. The third-order valence-corrected chi connectivity index (χ3v) is 3.58. The zero-order valence-corrected chi connectivity index (χ0v) is 12.9. The van der Waals surface area contributed by atoms with E-state index in [0.29, 0.717) is 6.04 Å². The van der Waals surface area contributed by atoms with Crippen LogP contribution in [0, 0.1) is 6.92 Å². The zero-order chi connectivity index (χ0) is 14.4. The summed E-state index contributed by atoms with van der Waals surface area (Å²) < 4.78 is 5.29. The summed E-state index contributed by atoms with van der Waals surface area (Å²) in [5.74, 6) is 0. The van der Waals surface area contributed by atoms with Gasteiger partial charge in [0.1, 0.15) is 0 Å². The van der Waals surface area contributed by atoms with Crippen molar-refractivity contribution < 1.29 is 4.74 Å². The lowest BCUT2D eigenvalue weighted by Crippen LogP contribution is -2.45. The zero-order valence-electron chi connectivity index (χ0n) is 12.9. The van der Waals surface area contributed by atoms with E-state index < -0.39 is 0 Å². The molecule has 0 aliphatic carbocycles. The van der Waals surface area contributed by atoms with E-state index >= 15 is 0 Å². The molecule has 1 aromatic rings. The molecule has 1 aromatic carbocycles. The Morgan fingerprint density at radius 2 is 2.00 bits per heavy atom. The first-order valence-corrected chi connectivity index (χ1v) is 7.08. The molecule has 0 aromatic heterocycles. The van der Waals surface area contributed by atoms with Gasteiger partial charge in [-0.15, -0.1) is 0 Å². The van der Waals surface area contributed by atoms with E-state index in [4.69, 9.17) is 10.5 Å². The summed E-state index contributed by atoms with van der Waals surface area (Å²) in [6.07, 6.45) is 0. The predicted octanol–water partition coefficient (Wildman–Crippen LogP) is 2.74. The Morgan fingerprint density at radius 3 is 2.47 bits per heavy atom. The van der Waals surface area contributed by atoms with Crippen LogP contribution in [0.15, 0.2) is 24.3 Å². The molecule has 0 aliphatic heterocycles. The maximum atomic E-state index is 6.25. The van der Waals surface area contributed by atoms with E-state index in [1.165, 1.54) is 11.1 Å². The van der Waals surface area contributed by atoms with Crippen molar-refractivity contribution in [3.05, 3.63) is 35.4 Å². The fourth-order valence-corrected chi connectivity index (χ4v) is 2.77. The highest BCUT2D eigenvalue weighted by atomic mass is 16.5. The molecule has 0 fully saturated rings. The van der Waals surface area contributed by atoms with Crippen molar-refractivity contribution in [2.75, 3.05) is 20.3 Å². The molecule has 108 valence electrons. The van der Waals surface area contributed by atoms with Crippen molar-refractivity contribution in [2.24, 2.45) is 5.73 Å². The number of hydrogen-bond donors (Lipinski definition) is 1. The van der Waals surface area contributed by atoms with Gasteiger partial charge in [-0.05, 0) is 32.9 Å². The van der Waals surface area contributed by atoms with Gasteiger partial charge in [0, 0.05) is 25.2 Å². The van der Waals surface area contributed by atoms with Crippen molar-refractivity contribution in [3.8, 4) is 0 Å². The van der Waals surface area contributed by atoms with E-state index in [1.54, 1.807) is 7.11 Å². The molecule has 0 spiro atoms. The third-order valence-electron chi connectivity index (χ3n) is 3.58.